The normalized spacial score (nSPS) is 11.6. The number of hydrogen-bond acceptors (Lipinski definition) is 4. The number of esters is 1. The summed E-state index contributed by atoms with van der Waals surface area (Å²) in [5.74, 6) is 0.625. The van der Waals surface area contributed by atoms with Gasteiger partial charge in [-0.3, -0.25) is 9.79 Å². The van der Waals surface area contributed by atoms with Crippen molar-refractivity contribution in [2.45, 2.75) is 45.1 Å². The number of carbonyl (C=O) groups is 1. The SMILES string of the molecule is CN=C(NCCCCCC(=O)OC)NCC(C)(C)OC.I. The first kappa shape index (κ1) is 22.7. The molecule has 0 aromatic rings. The van der Waals surface area contributed by atoms with E-state index in [0.717, 1.165) is 31.8 Å². The van der Waals surface area contributed by atoms with E-state index >= 15 is 0 Å². The van der Waals surface area contributed by atoms with Gasteiger partial charge in [-0.15, -0.1) is 24.0 Å². The molecule has 0 aliphatic carbocycles. The Kier molecular flexibility index (Phi) is 14.2. The van der Waals surface area contributed by atoms with Gasteiger partial charge >= 0.3 is 5.97 Å². The number of methoxy groups -OCH3 is 2. The molecule has 0 saturated carbocycles. The first-order chi connectivity index (χ1) is 9.45. The van der Waals surface area contributed by atoms with Crippen LogP contribution >= 0.6 is 24.0 Å². The van der Waals surface area contributed by atoms with E-state index in [2.05, 4.69) is 20.4 Å². The van der Waals surface area contributed by atoms with Crippen LogP contribution in [-0.2, 0) is 14.3 Å². The van der Waals surface area contributed by atoms with Crippen LogP contribution in [0.2, 0.25) is 0 Å². The fourth-order valence-corrected chi connectivity index (χ4v) is 1.47. The summed E-state index contributed by atoms with van der Waals surface area (Å²) < 4.78 is 9.93. The number of aliphatic imine (C=N–C) groups is 1. The number of ether oxygens (including phenoxy) is 2. The van der Waals surface area contributed by atoms with Crippen molar-refractivity contribution in [2.75, 3.05) is 34.4 Å². The maximum atomic E-state index is 10.9. The van der Waals surface area contributed by atoms with Gasteiger partial charge in [0.2, 0.25) is 0 Å². The third-order valence-corrected chi connectivity index (χ3v) is 3.04. The second-order valence-corrected chi connectivity index (χ2v) is 5.20. The van der Waals surface area contributed by atoms with Gasteiger partial charge in [0.1, 0.15) is 0 Å². The Bertz CT molecular complexity index is 310. The predicted octanol–water partition coefficient (Wildman–Crippen LogP) is 1.93. The predicted molar refractivity (Wildman–Crippen MR) is 96.4 cm³/mol. The van der Waals surface area contributed by atoms with Crippen molar-refractivity contribution >= 4 is 35.9 Å². The zero-order valence-electron chi connectivity index (χ0n) is 13.8. The number of halogens is 1. The van der Waals surface area contributed by atoms with Crippen molar-refractivity contribution in [1.82, 2.24) is 10.6 Å². The van der Waals surface area contributed by atoms with Gasteiger partial charge < -0.3 is 20.1 Å². The highest BCUT2D eigenvalue weighted by Gasteiger charge is 2.16. The molecule has 0 rings (SSSR count). The van der Waals surface area contributed by atoms with E-state index in [1.54, 1.807) is 14.2 Å². The Hall–Kier alpha value is -0.570. The van der Waals surface area contributed by atoms with Crippen molar-refractivity contribution in [2.24, 2.45) is 4.99 Å². The lowest BCUT2D eigenvalue weighted by Crippen LogP contribution is -2.45. The molecule has 0 radical (unpaired) electrons. The molecule has 2 N–H and O–H groups in total. The standard InChI is InChI=1S/C14H29N3O3.HI/c1-14(2,20-5)11-17-13(15-3)16-10-8-6-7-9-12(18)19-4;/h6-11H2,1-5H3,(H2,15,16,17);1H. The van der Waals surface area contributed by atoms with Crippen LogP contribution in [0.4, 0.5) is 0 Å². The summed E-state index contributed by atoms with van der Waals surface area (Å²) in [5, 5.41) is 6.45. The Morgan fingerprint density at radius 2 is 1.81 bits per heavy atom. The van der Waals surface area contributed by atoms with Gasteiger partial charge in [0.25, 0.3) is 0 Å². The summed E-state index contributed by atoms with van der Waals surface area (Å²) in [7, 11) is 4.85. The molecule has 126 valence electrons. The minimum atomic E-state index is -0.224. The molecule has 0 spiro atoms. The molecule has 0 aromatic heterocycles. The van der Waals surface area contributed by atoms with Crippen LogP contribution in [0.1, 0.15) is 39.5 Å². The van der Waals surface area contributed by atoms with Crippen LogP contribution in [0, 0.1) is 0 Å². The third-order valence-electron chi connectivity index (χ3n) is 3.04. The van der Waals surface area contributed by atoms with Gasteiger partial charge in [0.15, 0.2) is 5.96 Å². The largest absolute Gasteiger partial charge is 0.469 e. The number of nitrogens with one attached hydrogen (secondary N) is 2. The van der Waals surface area contributed by atoms with Crippen LogP contribution in [0.3, 0.4) is 0 Å². The Morgan fingerprint density at radius 3 is 2.33 bits per heavy atom. The number of guanidine groups is 1. The number of rotatable bonds is 9. The third kappa shape index (κ3) is 12.9. The van der Waals surface area contributed by atoms with Gasteiger partial charge in [0.05, 0.1) is 12.7 Å². The molecule has 0 aromatic carbocycles. The zero-order valence-corrected chi connectivity index (χ0v) is 16.2. The molecule has 0 saturated heterocycles. The fourth-order valence-electron chi connectivity index (χ4n) is 1.47. The highest BCUT2D eigenvalue weighted by Crippen LogP contribution is 2.04. The van der Waals surface area contributed by atoms with E-state index in [0.29, 0.717) is 13.0 Å². The topological polar surface area (TPSA) is 72.0 Å². The molecular weight excluding hydrogens is 385 g/mol. The minimum Gasteiger partial charge on any atom is -0.469 e. The van der Waals surface area contributed by atoms with Crippen LogP contribution in [-0.4, -0.2) is 51.9 Å². The summed E-state index contributed by atoms with van der Waals surface area (Å²) in [6.45, 7) is 5.54. The van der Waals surface area contributed by atoms with Crippen molar-refractivity contribution in [1.29, 1.82) is 0 Å². The van der Waals surface area contributed by atoms with E-state index in [1.807, 2.05) is 13.8 Å². The summed E-state index contributed by atoms with van der Waals surface area (Å²) >= 11 is 0. The lowest BCUT2D eigenvalue weighted by atomic mass is 10.1. The average molecular weight is 415 g/mol. The highest BCUT2D eigenvalue weighted by molar-refractivity contribution is 14.0. The molecule has 0 aliphatic rings. The smallest absolute Gasteiger partial charge is 0.305 e. The van der Waals surface area contributed by atoms with Crippen molar-refractivity contribution in [3.63, 3.8) is 0 Å². The number of carbonyl (C=O) groups excluding carboxylic acids is 1. The Labute approximate surface area is 145 Å². The molecule has 0 aliphatic heterocycles. The van der Waals surface area contributed by atoms with Crippen molar-refractivity contribution in [3.05, 3.63) is 0 Å². The second kappa shape index (κ2) is 13.1. The summed E-state index contributed by atoms with van der Waals surface area (Å²) in [4.78, 5) is 15.1. The fraction of sp³-hybridized carbons (Fsp3) is 0.857. The van der Waals surface area contributed by atoms with Gasteiger partial charge in [-0.25, -0.2) is 0 Å². The lowest BCUT2D eigenvalue weighted by molar-refractivity contribution is -0.140. The average Bonchev–Trinajstić information content (AvgIpc) is 2.45. The minimum absolute atomic E-state index is 0. The van der Waals surface area contributed by atoms with Gasteiger partial charge in [0, 0.05) is 33.7 Å². The number of nitrogens with zero attached hydrogens (tertiary/aromatic N) is 1. The second-order valence-electron chi connectivity index (χ2n) is 5.20. The number of unbranched alkanes of at least 4 members (excludes halogenated alkanes) is 2. The molecule has 6 nitrogen and oxygen atoms in total. The van der Waals surface area contributed by atoms with E-state index in [1.165, 1.54) is 7.11 Å². The van der Waals surface area contributed by atoms with E-state index < -0.39 is 0 Å². The number of hydrogen-bond donors (Lipinski definition) is 2. The molecule has 0 atom stereocenters. The first-order valence-electron chi connectivity index (χ1n) is 7.01. The lowest BCUT2D eigenvalue weighted by Gasteiger charge is -2.24. The van der Waals surface area contributed by atoms with Gasteiger partial charge in [-0.2, -0.15) is 0 Å². The van der Waals surface area contributed by atoms with Crippen LogP contribution in [0.5, 0.6) is 0 Å². The molecule has 7 heteroatoms. The molecule has 0 unspecified atom stereocenters. The quantitative estimate of drug-likeness (QED) is 0.198. The molecular formula is C14H30IN3O3. The monoisotopic (exact) mass is 415 g/mol. The molecule has 0 fully saturated rings. The van der Waals surface area contributed by atoms with Crippen LogP contribution in [0.15, 0.2) is 4.99 Å². The van der Waals surface area contributed by atoms with E-state index in [-0.39, 0.29) is 35.5 Å². The highest BCUT2D eigenvalue weighted by atomic mass is 127. The Morgan fingerprint density at radius 1 is 1.14 bits per heavy atom. The summed E-state index contributed by atoms with van der Waals surface area (Å²) in [5.41, 5.74) is -0.224. The van der Waals surface area contributed by atoms with Gasteiger partial charge in [-0.05, 0) is 26.7 Å². The van der Waals surface area contributed by atoms with E-state index in [4.69, 9.17) is 4.74 Å². The van der Waals surface area contributed by atoms with Gasteiger partial charge in [-0.1, -0.05) is 6.42 Å². The Balaban J connectivity index is 0. The van der Waals surface area contributed by atoms with Crippen LogP contribution in [0.25, 0.3) is 0 Å². The molecule has 0 bridgehead atoms. The summed E-state index contributed by atoms with van der Waals surface area (Å²) in [6.07, 6.45) is 3.33. The van der Waals surface area contributed by atoms with Crippen LogP contribution < -0.4 is 10.6 Å². The molecule has 0 heterocycles. The first-order valence-corrected chi connectivity index (χ1v) is 7.01. The van der Waals surface area contributed by atoms with Crippen molar-refractivity contribution < 1.29 is 14.3 Å². The maximum absolute atomic E-state index is 10.9. The molecule has 0 amide bonds. The molecule has 21 heavy (non-hydrogen) atoms. The van der Waals surface area contributed by atoms with E-state index in [9.17, 15) is 4.79 Å². The summed E-state index contributed by atoms with van der Waals surface area (Å²) in [6, 6.07) is 0. The maximum Gasteiger partial charge on any atom is 0.305 e. The zero-order chi connectivity index (χ0) is 15.4. The van der Waals surface area contributed by atoms with Crippen molar-refractivity contribution in [3.8, 4) is 0 Å².